The Morgan fingerprint density at radius 3 is 2.88 bits per heavy atom. The molecule has 5 rings (SSSR count). The first-order valence-electron chi connectivity index (χ1n) is 10.1. The second-order valence-corrected chi connectivity index (χ2v) is 7.11. The van der Waals surface area contributed by atoms with Gasteiger partial charge in [-0.15, -0.1) is 0 Å². The van der Waals surface area contributed by atoms with Crippen molar-refractivity contribution in [3.8, 4) is 23.0 Å². The summed E-state index contributed by atoms with van der Waals surface area (Å²) in [5.74, 6) is 1.85. The van der Waals surface area contributed by atoms with Gasteiger partial charge in [0.2, 0.25) is 5.82 Å². The third-order valence-corrected chi connectivity index (χ3v) is 4.94. The number of hydrogen-bond donors (Lipinski definition) is 2. The summed E-state index contributed by atoms with van der Waals surface area (Å²) in [6.07, 6.45) is 1.21. The van der Waals surface area contributed by atoms with Gasteiger partial charge in [0.15, 0.2) is 5.82 Å². The number of nitrogens with zero attached hydrogens (tertiary/aromatic N) is 6. The lowest BCUT2D eigenvalue weighted by atomic mass is 10.2. The molecule has 162 valence electrons. The fraction of sp³-hybridized carbons (Fsp3) is 0.238. The molecule has 2 amide bonds. The Morgan fingerprint density at radius 1 is 1.16 bits per heavy atom. The lowest BCUT2D eigenvalue weighted by molar-refractivity contribution is -0.0209. The van der Waals surface area contributed by atoms with E-state index in [0.29, 0.717) is 48.8 Å². The standard InChI is InChI=1S/C21H20N8O3/c30-21(23-12-17-24-18(27-26-17)15-8-4-5-9-22-15)29-10-11-31-16(13-29)19-25-20(32-28-19)14-6-2-1-3-7-14/h1-9,16H,10-13H2,(H,23,30)(H,24,26,27). The highest BCUT2D eigenvalue weighted by atomic mass is 16.5. The highest BCUT2D eigenvalue weighted by molar-refractivity contribution is 5.74. The van der Waals surface area contributed by atoms with Gasteiger partial charge in [-0.3, -0.25) is 10.1 Å². The van der Waals surface area contributed by atoms with E-state index in [9.17, 15) is 4.79 Å². The van der Waals surface area contributed by atoms with Crippen LogP contribution in [0.3, 0.4) is 0 Å². The summed E-state index contributed by atoms with van der Waals surface area (Å²) in [5.41, 5.74) is 1.49. The van der Waals surface area contributed by atoms with E-state index in [1.54, 1.807) is 11.1 Å². The minimum Gasteiger partial charge on any atom is -0.366 e. The van der Waals surface area contributed by atoms with Crippen LogP contribution >= 0.6 is 0 Å². The number of benzene rings is 1. The van der Waals surface area contributed by atoms with Gasteiger partial charge in [0.25, 0.3) is 5.89 Å². The number of urea groups is 1. The van der Waals surface area contributed by atoms with E-state index in [1.165, 1.54) is 0 Å². The molecule has 4 heterocycles. The molecule has 32 heavy (non-hydrogen) atoms. The Labute approximate surface area is 182 Å². The number of hydrogen-bond acceptors (Lipinski definition) is 8. The lowest BCUT2D eigenvalue weighted by Gasteiger charge is -2.31. The summed E-state index contributed by atoms with van der Waals surface area (Å²) >= 11 is 0. The van der Waals surface area contributed by atoms with E-state index < -0.39 is 6.10 Å². The van der Waals surface area contributed by atoms with Crippen LogP contribution in [0.1, 0.15) is 17.8 Å². The molecule has 0 saturated carbocycles. The van der Waals surface area contributed by atoms with Crippen molar-refractivity contribution in [1.29, 1.82) is 0 Å². The molecule has 0 radical (unpaired) electrons. The van der Waals surface area contributed by atoms with Gasteiger partial charge in [-0.1, -0.05) is 29.4 Å². The summed E-state index contributed by atoms with van der Waals surface area (Å²) < 4.78 is 11.1. The van der Waals surface area contributed by atoms with Crippen molar-refractivity contribution < 1.29 is 14.1 Å². The predicted octanol–water partition coefficient (Wildman–Crippen LogP) is 2.20. The highest BCUT2D eigenvalue weighted by Crippen LogP contribution is 2.23. The van der Waals surface area contributed by atoms with E-state index in [4.69, 9.17) is 9.26 Å². The van der Waals surface area contributed by atoms with Crippen LogP contribution in [0.2, 0.25) is 0 Å². The third-order valence-electron chi connectivity index (χ3n) is 4.94. The summed E-state index contributed by atoms with van der Waals surface area (Å²) in [7, 11) is 0. The van der Waals surface area contributed by atoms with Crippen LogP contribution in [0.25, 0.3) is 23.0 Å². The minimum atomic E-state index is -0.461. The Kier molecular flexibility index (Phi) is 5.54. The normalized spacial score (nSPS) is 16.1. The molecule has 1 atom stereocenters. The molecule has 1 fully saturated rings. The maximum Gasteiger partial charge on any atom is 0.317 e. The number of aromatic nitrogens is 6. The maximum absolute atomic E-state index is 12.7. The largest absolute Gasteiger partial charge is 0.366 e. The molecule has 1 aliphatic rings. The SMILES string of the molecule is O=C(NCc1nc(-c2ccccn2)n[nH]1)N1CCOC(c2noc(-c3ccccc3)n2)C1. The smallest absolute Gasteiger partial charge is 0.317 e. The number of carbonyl (C=O) groups excluding carboxylic acids is 1. The summed E-state index contributed by atoms with van der Waals surface area (Å²) in [5, 5.41) is 13.9. The molecule has 1 saturated heterocycles. The number of nitrogens with one attached hydrogen (secondary N) is 2. The molecule has 1 aliphatic heterocycles. The highest BCUT2D eigenvalue weighted by Gasteiger charge is 2.29. The summed E-state index contributed by atoms with van der Waals surface area (Å²) in [6.45, 7) is 1.36. The van der Waals surface area contributed by atoms with Crippen molar-refractivity contribution in [2.45, 2.75) is 12.6 Å². The van der Waals surface area contributed by atoms with Crippen LogP contribution in [0.15, 0.2) is 59.3 Å². The molecule has 0 spiro atoms. The quantitative estimate of drug-likeness (QED) is 0.490. The van der Waals surface area contributed by atoms with Crippen molar-refractivity contribution in [3.05, 3.63) is 66.4 Å². The second kappa shape index (κ2) is 8.94. The van der Waals surface area contributed by atoms with Crippen LogP contribution < -0.4 is 5.32 Å². The number of morpholine rings is 1. The van der Waals surface area contributed by atoms with Crippen molar-refractivity contribution in [2.75, 3.05) is 19.7 Å². The van der Waals surface area contributed by atoms with Gasteiger partial charge in [-0.05, 0) is 24.3 Å². The molecule has 11 heteroatoms. The number of rotatable bonds is 5. The number of amides is 2. The van der Waals surface area contributed by atoms with Crippen molar-refractivity contribution in [2.24, 2.45) is 0 Å². The van der Waals surface area contributed by atoms with Crippen LogP contribution in [0, 0.1) is 0 Å². The van der Waals surface area contributed by atoms with Gasteiger partial charge in [-0.2, -0.15) is 10.1 Å². The zero-order valence-electron chi connectivity index (χ0n) is 17.0. The monoisotopic (exact) mass is 432 g/mol. The van der Waals surface area contributed by atoms with Gasteiger partial charge in [0, 0.05) is 18.3 Å². The van der Waals surface area contributed by atoms with Crippen LogP contribution in [0.4, 0.5) is 4.79 Å². The topological polar surface area (TPSA) is 135 Å². The van der Waals surface area contributed by atoms with Crippen molar-refractivity contribution >= 4 is 6.03 Å². The fourth-order valence-electron chi connectivity index (χ4n) is 3.31. The molecule has 1 unspecified atom stereocenters. The third kappa shape index (κ3) is 4.32. The molecule has 11 nitrogen and oxygen atoms in total. The Morgan fingerprint density at radius 2 is 2.03 bits per heavy atom. The summed E-state index contributed by atoms with van der Waals surface area (Å²) in [6, 6.07) is 14.8. The number of H-pyrrole nitrogens is 1. The van der Waals surface area contributed by atoms with E-state index in [0.717, 1.165) is 5.56 Å². The molecular weight excluding hydrogens is 412 g/mol. The van der Waals surface area contributed by atoms with E-state index >= 15 is 0 Å². The first-order chi connectivity index (χ1) is 15.8. The van der Waals surface area contributed by atoms with Gasteiger partial charge in [-0.25, -0.2) is 9.78 Å². The van der Waals surface area contributed by atoms with Crippen LogP contribution in [-0.4, -0.2) is 60.9 Å². The van der Waals surface area contributed by atoms with Gasteiger partial charge in [0.05, 0.1) is 19.7 Å². The molecule has 4 aromatic rings. The molecule has 0 aliphatic carbocycles. The van der Waals surface area contributed by atoms with Gasteiger partial charge < -0.3 is 19.5 Å². The first-order valence-corrected chi connectivity index (χ1v) is 10.1. The zero-order valence-corrected chi connectivity index (χ0v) is 17.0. The Balaban J connectivity index is 1.18. The maximum atomic E-state index is 12.7. The molecule has 2 N–H and O–H groups in total. The molecule has 3 aromatic heterocycles. The second-order valence-electron chi connectivity index (χ2n) is 7.11. The first kappa shape index (κ1) is 19.8. The van der Waals surface area contributed by atoms with Crippen LogP contribution in [0.5, 0.6) is 0 Å². The van der Waals surface area contributed by atoms with E-state index in [1.807, 2.05) is 48.5 Å². The average molecular weight is 432 g/mol. The Hall–Kier alpha value is -4.12. The van der Waals surface area contributed by atoms with E-state index in [2.05, 4.69) is 35.6 Å². The lowest BCUT2D eigenvalue weighted by Crippen LogP contribution is -2.47. The summed E-state index contributed by atoms with van der Waals surface area (Å²) in [4.78, 5) is 27.3. The minimum absolute atomic E-state index is 0.209. The number of ether oxygens (including phenoxy) is 1. The Bertz CT molecular complexity index is 1180. The molecule has 0 bridgehead atoms. The van der Waals surface area contributed by atoms with Gasteiger partial charge in [0.1, 0.15) is 17.6 Å². The fourth-order valence-corrected chi connectivity index (χ4v) is 3.31. The number of carbonyl (C=O) groups is 1. The average Bonchev–Trinajstić information content (AvgIpc) is 3.54. The van der Waals surface area contributed by atoms with Crippen LogP contribution in [-0.2, 0) is 11.3 Å². The molecular formula is C21H20N8O3. The molecule has 1 aromatic carbocycles. The van der Waals surface area contributed by atoms with Crippen molar-refractivity contribution in [3.63, 3.8) is 0 Å². The van der Waals surface area contributed by atoms with Gasteiger partial charge >= 0.3 is 6.03 Å². The number of aromatic amines is 1. The van der Waals surface area contributed by atoms with Crippen molar-refractivity contribution in [1.82, 2.24) is 40.5 Å². The zero-order chi connectivity index (χ0) is 21.8. The van der Waals surface area contributed by atoms with E-state index in [-0.39, 0.29) is 12.6 Å². The number of pyridine rings is 1. The predicted molar refractivity (Wildman–Crippen MR) is 112 cm³/mol.